The van der Waals surface area contributed by atoms with E-state index < -0.39 is 35.6 Å². The van der Waals surface area contributed by atoms with Gasteiger partial charge >= 0.3 is 0 Å². The van der Waals surface area contributed by atoms with E-state index >= 15 is 0 Å². The molecule has 2 aromatic carbocycles. The number of rotatable bonds is 3. The summed E-state index contributed by atoms with van der Waals surface area (Å²) in [5, 5.41) is 0. The van der Waals surface area contributed by atoms with Crippen LogP contribution in [0.4, 0.5) is 18.9 Å². The van der Waals surface area contributed by atoms with Crippen LogP contribution in [-0.2, 0) is 22.6 Å². The standard InChI is InChI=1S/C19H17F3N2O2/c1-12(25)24(16-7-6-15(20)18(21)19(16)22)11-17(26)23-9-8-13-4-2-3-5-14(13)10-23/h2-7H,8-11H2,1H3. The molecule has 1 aliphatic rings. The summed E-state index contributed by atoms with van der Waals surface area (Å²) < 4.78 is 40.6. The highest BCUT2D eigenvalue weighted by Crippen LogP contribution is 2.25. The molecule has 0 N–H and O–H groups in total. The van der Waals surface area contributed by atoms with Crippen molar-refractivity contribution >= 4 is 17.5 Å². The molecule has 2 aromatic rings. The molecule has 2 amide bonds. The van der Waals surface area contributed by atoms with E-state index in [1.165, 1.54) is 0 Å². The zero-order valence-corrected chi connectivity index (χ0v) is 14.1. The Kier molecular flexibility index (Phi) is 4.97. The minimum absolute atomic E-state index is 0.390. The fourth-order valence-corrected chi connectivity index (χ4v) is 3.03. The fourth-order valence-electron chi connectivity index (χ4n) is 3.03. The smallest absolute Gasteiger partial charge is 0.242 e. The molecule has 0 saturated carbocycles. The third kappa shape index (κ3) is 3.42. The monoisotopic (exact) mass is 362 g/mol. The predicted octanol–water partition coefficient (Wildman–Crippen LogP) is 3.04. The lowest BCUT2D eigenvalue weighted by atomic mass is 10.00. The SMILES string of the molecule is CC(=O)N(CC(=O)N1CCc2ccccc2C1)c1ccc(F)c(F)c1F. The molecular weight excluding hydrogens is 345 g/mol. The molecular formula is C19H17F3N2O2. The average molecular weight is 362 g/mol. The third-order valence-corrected chi connectivity index (χ3v) is 4.46. The summed E-state index contributed by atoms with van der Waals surface area (Å²) in [6.07, 6.45) is 0.682. The first-order chi connectivity index (χ1) is 12.4. The van der Waals surface area contributed by atoms with E-state index in [1.54, 1.807) is 4.90 Å². The maximum absolute atomic E-state index is 14.0. The maximum Gasteiger partial charge on any atom is 0.242 e. The van der Waals surface area contributed by atoms with Crippen LogP contribution in [0, 0.1) is 17.5 Å². The number of hydrogen-bond acceptors (Lipinski definition) is 2. The van der Waals surface area contributed by atoms with E-state index in [4.69, 9.17) is 0 Å². The van der Waals surface area contributed by atoms with Crippen molar-refractivity contribution in [3.8, 4) is 0 Å². The van der Waals surface area contributed by atoms with Crippen LogP contribution in [0.25, 0.3) is 0 Å². The molecule has 26 heavy (non-hydrogen) atoms. The number of hydrogen-bond donors (Lipinski definition) is 0. The quantitative estimate of drug-likeness (QED) is 0.788. The number of carbonyl (C=O) groups is 2. The molecule has 3 rings (SSSR count). The van der Waals surface area contributed by atoms with Gasteiger partial charge < -0.3 is 9.80 Å². The lowest BCUT2D eigenvalue weighted by Gasteiger charge is -2.31. The molecule has 1 aliphatic heterocycles. The summed E-state index contributed by atoms with van der Waals surface area (Å²) in [5.74, 6) is -5.54. The Bertz CT molecular complexity index is 870. The lowest BCUT2D eigenvalue weighted by molar-refractivity contribution is -0.132. The molecule has 0 unspecified atom stereocenters. The van der Waals surface area contributed by atoms with Gasteiger partial charge in [0.2, 0.25) is 11.8 Å². The summed E-state index contributed by atoms with van der Waals surface area (Å²) in [4.78, 5) is 26.9. The molecule has 0 spiro atoms. The summed E-state index contributed by atoms with van der Waals surface area (Å²) in [7, 11) is 0. The highest BCUT2D eigenvalue weighted by Gasteiger charge is 2.27. The Morgan fingerprint density at radius 2 is 1.73 bits per heavy atom. The van der Waals surface area contributed by atoms with Crippen molar-refractivity contribution in [2.75, 3.05) is 18.0 Å². The van der Waals surface area contributed by atoms with Crippen LogP contribution in [0.1, 0.15) is 18.1 Å². The molecule has 0 saturated heterocycles. The summed E-state index contributed by atoms with van der Waals surface area (Å²) in [5.41, 5.74) is 1.72. The Balaban J connectivity index is 1.80. The van der Waals surface area contributed by atoms with Gasteiger partial charge in [0, 0.05) is 20.0 Å². The Morgan fingerprint density at radius 1 is 1.04 bits per heavy atom. The van der Waals surface area contributed by atoms with Crippen LogP contribution < -0.4 is 4.90 Å². The van der Waals surface area contributed by atoms with Gasteiger partial charge in [-0.1, -0.05) is 24.3 Å². The van der Waals surface area contributed by atoms with E-state index in [-0.39, 0.29) is 5.91 Å². The normalized spacial score (nSPS) is 13.3. The molecule has 4 nitrogen and oxygen atoms in total. The largest absolute Gasteiger partial charge is 0.336 e. The first-order valence-corrected chi connectivity index (χ1v) is 8.14. The van der Waals surface area contributed by atoms with Gasteiger partial charge in [-0.15, -0.1) is 0 Å². The van der Waals surface area contributed by atoms with E-state index in [0.29, 0.717) is 19.5 Å². The molecule has 0 bridgehead atoms. The zero-order chi connectivity index (χ0) is 18.8. The number of fused-ring (bicyclic) bond motifs is 1. The Labute approximate surface area is 148 Å². The summed E-state index contributed by atoms with van der Waals surface area (Å²) in [6.45, 7) is 1.56. The minimum atomic E-state index is -1.67. The van der Waals surface area contributed by atoms with E-state index in [9.17, 15) is 22.8 Å². The highest BCUT2D eigenvalue weighted by molar-refractivity contribution is 5.97. The lowest BCUT2D eigenvalue weighted by Crippen LogP contribution is -2.44. The highest BCUT2D eigenvalue weighted by atomic mass is 19.2. The van der Waals surface area contributed by atoms with Crippen LogP contribution in [0.3, 0.4) is 0 Å². The molecule has 7 heteroatoms. The van der Waals surface area contributed by atoms with Crippen LogP contribution in [-0.4, -0.2) is 29.8 Å². The van der Waals surface area contributed by atoms with Gasteiger partial charge in [-0.25, -0.2) is 13.2 Å². The number of amides is 2. The molecule has 0 atom stereocenters. The number of benzene rings is 2. The van der Waals surface area contributed by atoms with Crippen molar-refractivity contribution < 1.29 is 22.8 Å². The first kappa shape index (κ1) is 18.0. The van der Waals surface area contributed by atoms with Gasteiger partial charge in [-0.3, -0.25) is 9.59 Å². The van der Waals surface area contributed by atoms with Crippen molar-refractivity contribution in [3.05, 3.63) is 65.0 Å². The van der Waals surface area contributed by atoms with Gasteiger partial charge in [0.1, 0.15) is 6.54 Å². The van der Waals surface area contributed by atoms with E-state index in [2.05, 4.69) is 0 Å². The average Bonchev–Trinajstić information content (AvgIpc) is 2.64. The van der Waals surface area contributed by atoms with Crippen LogP contribution in [0.2, 0.25) is 0 Å². The number of nitrogens with zero attached hydrogens (tertiary/aromatic N) is 2. The van der Waals surface area contributed by atoms with E-state index in [1.807, 2.05) is 24.3 Å². The third-order valence-electron chi connectivity index (χ3n) is 4.46. The number of carbonyl (C=O) groups excluding carboxylic acids is 2. The van der Waals surface area contributed by atoms with Crippen molar-refractivity contribution in [1.82, 2.24) is 4.90 Å². The van der Waals surface area contributed by atoms with Crippen molar-refractivity contribution in [2.24, 2.45) is 0 Å². The number of anilines is 1. The first-order valence-electron chi connectivity index (χ1n) is 8.14. The fraction of sp³-hybridized carbons (Fsp3) is 0.263. The second kappa shape index (κ2) is 7.19. The second-order valence-corrected chi connectivity index (χ2v) is 6.13. The van der Waals surface area contributed by atoms with Gasteiger partial charge in [0.15, 0.2) is 17.5 Å². The topological polar surface area (TPSA) is 40.6 Å². The van der Waals surface area contributed by atoms with Gasteiger partial charge in [-0.2, -0.15) is 0 Å². The molecule has 0 aliphatic carbocycles. The minimum Gasteiger partial charge on any atom is -0.336 e. The number of halogens is 3. The molecule has 0 fully saturated rings. The van der Waals surface area contributed by atoms with Crippen molar-refractivity contribution in [2.45, 2.75) is 19.9 Å². The van der Waals surface area contributed by atoms with Crippen molar-refractivity contribution in [3.63, 3.8) is 0 Å². The Hall–Kier alpha value is -2.83. The van der Waals surface area contributed by atoms with Gasteiger partial charge in [0.25, 0.3) is 0 Å². The zero-order valence-electron chi connectivity index (χ0n) is 14.1. The summed E-state index contributed by atoms with van der Waals surface area (Å²) in [6, 6.07) is 9.41. The molecule has 136 valence electrons. The molecule has 0 radical (unpaired) electrons. The maximum atomic E-state index is 14.0. The molecule has 0 aromatic heterocycles. The summed E-state index contributed by atoms with van der Waals surface area (Å²) >= 11 is 0. The van der Waals surface area contributed by atoms with Gasteiger partial charge in [-0.05, 0) is 29.7 Å². The van der Waals surface area contributed by atoms with Crippen LogP contribution in [0.5, 0.6) is 0 Å². The van der Waals surface area contributed by atoms with E-state index in [0.717, 1.165) is 35.1 Å². The molecule has 1 heterocycles. The van der Waals surface area contributed by atoms with Crippen LogP contribution in [0.15, 0.2) is 36.4 Å². The van der Waals surface area contributed by atoms with Crippen LogP contribution >= 0.6 is 0 Å². The van der Waals surface area contributed by atoms with Gasteiger partial charge in [0.05, 0.1) is 5.69 Å². The Morgan fingerprint density at radius 3 is 2.42 bits per heavy atom. The predicted molar refractivity (Wildman–Crippen MR) is 89.9 cm³/mol. The van der Waals surface area contributed by atoms with Crippen molar-refractivity contribution in [1.29, 1.82) is 0 Å². The second-order valence-electron chi connectivity index (χ2n) is 6.13.